The first-order chi connectivity index (χ1) is 13.2. The molecule has 1 aromatic carbocycles. The van der Waals surface area contributed by atoms with Gasteiger partial charge in [-0.3, -0.25) is 9.48 Å². The number of ether oxygens (including phenoxy) is 1. The molecule has 0 saturated heterocycles. The van der Waals surface area contributed by atoms with Gasteiger partial charge in [0.05, 0.1) is 18.5 Å². The van der Waals surface area contributed by atoms with Crippen molar-refractivity contribution in [1.29, 1.82) is 0 Å². The van der Waals surface area contributed by atoms with Crippen LogP contribution in [-0.4, -0.2) is 27.8 Å². The van der Waals surface area contributed by atoms with Crippen LogP contribution in [0.1, 0.15) is 16.2 Å². The third-order valence-corrected chi connectivity index (χ3v) is 3.96. The lowest BCUT2D eigenvalue weighted by atomic mass is 10.1. The zero-order valence-corrected chi connectivity index (χ0v) is 14.9. The second-order valence-corrected chi connectivity index (χ2v) is 5.82. The number of aromatic nitrogens is 3. The van der Waals surface area contributed by atoms with Crippen LogP contribution < -0.4 is 15.8 Å². The van der Waals surface area contributed by atoms with Gasteiger partial charge >= 0.3 is 6.18 Å². The Bertz CT molecular complexity index is 1030. The maximum absolute atomic E-state index is 12.9. The molecule has 0 unspecified atom stereocenters. The lowest BCUT2D eigenvalue weighted by Gasteiger charge is -2.11. The van der Waals surface area contributed by atoms with Gasteiger partial charge in [0, 0.05) is 12.6 Å². The lowest BCUT2D eigenvalue weighted by molar-refractivity contribution is -0.141. The number of carbonyl (C=O) groups excluding carboxylic acids is 1. The van der Waals surface area contributed by atoms with Crippen molar-refractivity contribution in [3.05, 3.63) is 53.9 Å². The fourth-order valence-electron chi connectivity index (χ4n) is 2.61. The molecular weight excluding hydrogens is 375 g/mol. The average molecular weight is 391 g/mol. The molecule has 0 aliphatic heterocycles. The van der Waals surface area contributed by atoms with E-state index in [0.29, 0.717) is 11.4 Å². The zero-order valence-electron chi connectivity index (χ0n) is 14.9. The molecule has 1 amide bonds. The summed E-state index contributed by atoms with van der Waals surface area (Å²) in [7, 11) is 2.84. The Kier molecular flexibility index (Phi) is 4.95. The van der Waals surface area contributed by atoms with Crippen molar-refractivity contribution in [3.8, 4) is 17.0 Å². The Balaban J connectivity index is 1.89. The van der Waals surface area contributed by atoms with Crippen LogP contribution in [0.15, 0.2) is 42.5 Å². The van der Waals surface area contributed by atoms with Crippen molar-refractivity contribution in [2.45, 2.75) is 6.18 Å². The fraction of sp³-hybridized carbons (Fsp3) is 0.167. The topological polar surface area (TPSA) is 95.1 Å². The molecule has 146 valence electrons. The maximum Gasteiger partial charge on any atom is 0.435 e. The monoisotopic (exact) mass is 391 g/mol. The van der Waals surface area contributed by atoms with Crippen molar-refractivity contribution in [3.63, 3.8) is 0 Å². The van der Waals surface area contributed by atoms with Gasteiger partial charge < -0.3 is 15.8 Å². The molecule has 0 radical (unpaired) electrons. The number of benzene rings is 1. The number of amides is 1. The number of hydrogen-bond acceptors (Lipinski definition) is 5. The van der Waals surface area contributed by atoms with Gasteiger partial charge in [-0.2, -0.15) is 18.3 Å². The normalized spacial score (nSPS) is 11.3. The molecule has 2 aromatic heterocycles. The Morgan fingerprint density at radius 1 is 1.21 bits per heavy atom. The van der Waals surface area contributed by atoms with Gasteiger partial charge in [-0.05, 0) is 30.3 Å². The van der Waals surface area contributed by atoms with Crippen molar-refractivity contribution in [1.82, 2.24) is 14.8 Å². The number of nitrogens with one attached hydrogen (secondary N) is 1. The van der Waals surface area contributed by atoms with E-state index in [1.807, 2.05) is 0 Å². The van der Waals surface area contributed by atoms with E-state index in [-0.39, 0.29) is 22.8 Å². The molecule has 3 rings (SSSR count). The minimum atomic E-state index is -4.58. The minimum absolute atomic E-state index is 0.00497. The summed E-state index contributed by atoms with van der Waals surface area (Å²) in [6.07, 6.45) is -4.58. The van der Waals surface area contributed by atoms with Crippen LogP contribution in [0.5, 0.6) is 5.75 Å². The highest BCUT2D eigenvalue weighted by Gasteiger charge is 2.35. The molecule has 0 fully saturated rings. The van der Waals surface area contributed by atoms with Crippen LogP contribution in [0.4, 0.5) is 24.7 Å². The van der Waals surface area contributed by atoms with E-state index in [4.69, 9.17) is 10.5 Å². The molecule has 3 aromatic rings. The number of pyridine rings is 1. The molecule has 3 N–H and O–H groups in total. The van der Waals surface area contributed by atoms with Crippen LogP contribution in [0, 0.1) is 0 Å². The number of para-hydroxylation sites is 2. The predicted octanol–water partition coefficient (Wildman–Crippen LogP) is 3.34. The van der Waals surface area contributed by atoms with Crippen LogP contribution >= 0.6 is 0 Å². The van der Waals surface area contributed by atoms with Crippen LogP contribution in [0.3, 0.4) is 0 Å². The van der Waals surface area contributed by atoms with E-state index in [2.05, 4.69) is 15.4 Å². The van der Waals surface area contributed by atoms with Crippen molar-refractivity contribution in [2.24, 2.45) is 7.05 Å². The second kappa shape index (κ2) is 7.22. The number of alkyl halides is 3. The highest BCUT2D eigenvalue weighted by molar-refractivity contribution is 6.04. The summed E-state index contributed by atoms with van der Waals surface area (Å²) in [5, 5.41) is 6.10. The largest absolute Gasteiger partial charge is 0.495 e. The zero-order chi connectivity index (χ0) is 20.5. The number of nitrogens with two attached hydrogens (primary N) is 1. The lowest BCUT2D eigenvalue weighted by Crippen LogP contribution is -2.15. The van der Waals surface area contributed by atoms with Crippen molar-refractivity contribution >= 4 is 17.4 Å². The first kappa shape index (κ1) is 19.2. The third-order valence-electron chi connectivity index (χ3n) is 3.96. The molecule has 28 heavy (non-hydrogen) atoms. The van der Waals surface area contributed by atoms with E-state index in [0.717, 1.165) is 10.7 Å². The molecule has 0 atom stereocenters. The Labute approximate surface area is 157 Å². The summed E-state index contributed by atoms with van der Waals surface area (Å²) in [5.74, 6) is -0.164. The number of rotatable bonds is 4. The molecule has 10 heteroatoms. The number of aryl methyl sites for hydroxylation is 1. The molecule has 0 aliphatic carbocycles. The van der Waals surface area contributed by atoms with Gasteiger partial charge in [-0.15, -0.1) is 0 Å². The first-order valence-corrected chi connectivity index (χ1v) is 8.03. The minimum Gasteiger partial charge on any atom is -0.495 e. The Hall–Kier alpha value is -3.56. The number of hydrogen-bond donors (Lipinski definition) is 2. The SMILES string of the molecule is COc1ccccc1NC(=O)c1ccc(-c2cc(C(F)(F)F)nn2C)c(N)n1. The second-order valence-electron chi connectivity index (χ2n) is 5.82. The number of methoxy groups -OCH3 is 1. The summed E-state index contributed by atoms with van der Waals surface area (Å²) in [6.45, 7) is 0. The first-order valence-electron chi connectivity index (χ1n) is 8.03. The fourth-order valence-corrected chi connectivity index (χ4v) is 2.61. The standard InChI is InChI=1S/C18H16F3N5O2/c1-26-13(9-15(25-26)18(19,20)21)10-7-8-12(23-16(10)22)17(27)24-11-5-3-4-6-14(11)28-2/h3-9H,1-2H3,(H2,22,23)(H,24,27). The smallest absolute Gasteiger partial charge is 0.435 e. The number of nitrogens with zero attached hydrogens (tertiary/aromatic N) is 3. The molecular formula is C18H16F3N5O2. The number of nitrogen functional groups attached to an aromatic ring is 1. The van der Waals surface area contributed by atoms with E-state index >= 15 is 0 Å². The van der Waals surface area contributed by atoms with Gasteiger partial charge in [0.2, 0.25) is 0 Å². The predicted molar refractivity (Wildman–Crippen MR) is 96.8 cm³/mol. The summed E-state index contributed by atoms with van der Waals surface area (Å²) < 4.78 is 44.8. The van der Waals surface area contributed by atoms with Crippen LogP contribution in [-0.2, 0) is 13.2 Å². The van der Waals surface area contributed by atoms with Gasteiger partial charge in [0.25, 0.3) is 5.91 Å². The quantitative estimate of drug-likeness (QED) is 0.711. The molecule has 0 bridgehead atoms. The highest BCUT2D eigenvalue weighted by Crippen LogP contribution is 2.33. The van der Waals surface area contributed by atoms with Gasteiger partial charge in [0.15, 0.2) is 5.69 Å². The van der Waals surface area contributed by atoms with E-state index in [1.54, 1.807) is 24.3 Å². The van der Waals surface area contributed by atoms with Gasteiger partial charge in [-0.25, -0.2) is 4.98 Å². The van der Waals surface area contributed by atoms with Gasteiger partial charge in [0.1, 0.15) is 17.3 Å². The summed E-state index contributed by atoms with van der Waals surface area (Å²) in [6, 6.07) is 10.5. The summed E-state index contributed by atoms with van der Waals surface area (Å²) in [5.41, 5.74) is 5.67. The average Bonchev–Trinajstić information content (AvgIpc) is 3.04. The third kappa shape index (κ3) is 3.75. The summed E-state index contributed by atoms with van der Waals surface area (Å²) >= 11 is 0. The number of carbonyl (C=O) groups is 1. The van der Waals surface area contributed by atoms with E-state index < -0.39 is 17.8 Å². The van der Waals surface area contributed by atoms with Crippen molar-refractivity contribution in [2.75, 3.05) is 18.2 Å². The van der Waals surface area contributed by atoms with Crippen molar-refractivity contribution < 1.29 is 22.7 Å². The number of halogens is 3. The molecule has 0 spiro atoms. The molecule has 7 nitrogen and oxygen atoms in total. The Morgan fingerprint density at radius 3 is 2.54 bits per heavy atom. The molecule has 0 saturated carbocycles. The van der Waals surface area contributed by atoms with E-state index in [1.165, 1.54) is 26.3 Å². The van der Waals surface area contributed by atoms with Crippen LogP contribution in [0.25, 0.3) is 11.3 Å². The van der Waals surface area contributed by atoms with E-state index in [9.17, 15) is 18.0 Å². The summed E-state index contributed by atoms with van der Waals surface area (Å²) in [4.78, 5) is 16.4. The maximum atomic E-state index is 12.9. The Morgan fingerprint density at radius 2 is 1.93 bits per heavy atom. The molecule has 2 heterocycles. The van der Waals surface area contributed by atoms with Gasteiger partial charge in [-0.1, -0.05) is 12.1 Å². The highest BCUT2D eigenvalue weighted by atomic mass is 19.4. The molecule has 0 aliphatic rings. The van der Waals surface area contributed by atoms with Crippen LogP contribution in [0.2, 0.25) is 0 Å². The number of anilines is 2.